The second-order valence-electron chi connectivity index (χ2n) is 5.76. The van der Waals surface area contributed by atoms with Crippen molar-refractivity contribution in [3.63, 3.8) is 0 Å². The summed E-state index contributed by atoms with van der Waals surface area (Å²) in [4.78, 5) is 12.1. The van der Waals surface area contributed by atoms with Gasteiger partial charge in [0.15, 0.2) is 5.69 Å². The Morgan fingerprint density at radius 1 is 1.15 bits per heavy atom. The van der Waals surface area contributed by atoms with E-state index in [1.54, 1.807) is 12.1 Å². The Bertz CT molecular complexity index is 422. The summed E-state index contributed by atoms with van der Waals surface area (Å²) >= 11 is 0. The lowest BCUT2D eigenvalue weighted by Gasteiger charge is -2.15. The zero-order valence-corrected chi connectivity index (χ0v) is 12.4. The Morgan fingerprint density at radius 2 is 1.85 bits per heavy atom. The van der Waals surface area contributed by atoms with Crippen molar-refractivity contribution in [3.05, 3.63) is 17.8 Å². The van der Waals surface area contributed by atoms with E-state index in [1.165, 1.54) is 25.7 Å². The van der Waals surface area contributed by atoms with Crippen LogP contribution in [0.25, 0.3) is 0 Å². The summed E-state index contributed by atoms with van der Waals surface area (Å²) in [6, 6.07) is 4.12. The summed E-state index contributed by atoms with van der Waals surface area (Å²) < 4.78 is 0. The van der Waals surface area contributed by atoms with E-state index in [-0.39, 0.29) is 5.91 Å². The largest absolute Gasteiger partial charge is 0.366 e. The first kappa shape index (κ1) is 14.8. The highest BCUT2D eigenvalue weighted by molar-refractivity contribution is 5.92. The maximum absolute atomic E-state index is 12.1. The molecule has 1 aliphatic rings. The normalized spacial score (nSPS) is 16.8. The van der Waals surface area contributed by atoms with Gasteiger partial charge in [-0.3, -0.25) is 4.79 Å². The summed E-state index contributed by atoms with van der Waals surface area (Å²) in [5, 5.41) is 14.3. The lowest BCUT2D eigenvalue weighted by atomic mass is 10.1. The highest BCUT2D eigenvalue weighted by atomic mass is 16.2. The van der Waals surface area contributed by atoms with Crippen molar-refractivity contribution in [3.8, 4) is 0 Å². The number of carbonyl (C=O) groups excluding carboxylic acids is 1. The van der Waals surface area contributed by atoms with E-state index in [0.717, 1.165) is 12.8 Å². The summed E-state index contributed by atoms with van der Waals surface area (Å²) in [6.07, 6.45) is 7.11. The van der Waals surface area contributed by atoms with Crippen LogP contribution in [0.2, 0.25) is 0 Å². The predicted octanol–water partition coefficient (Wildman–Crippen LogP) is 2.75. The smallest absolute Gasteiger partial charge is 0.272 e. The van der Waals surface area contributed by atoms with E-state index in [9.17, 15) is 4.79 Å². The molecule has 0 saturated heterocycles. The number of anilines is 1. The molecule has 0 spiro atoms. The Labute approximate surface area is 120 Å². The SMILES string of the molecule is CC(C)Nc1ccc(C(=O)NC2CCCCCC2)nn1. The van der Waals surface area contributed by atoms with Crippen LogP contribution in [0.3, 0.4) is 0 Å². The van der Waals surface area contributed by atoms with Crippen molar-refractivity contribution >= 4 is 11.7 Å². The second kappa shape index (κ2) is 7.22. The van der Waals surface area contributed by atoms with Crippen LogP contribution in [-0.4, -0.2) is 28.2 Å². The van der Waals surface area contributed by atoms with E-state index in [2.05, 4.69) is 20.8 Å². The third kappa shape index (κ3) is 4.47. The van der Waals surface area contributed by atoms with Gasteiger partial charge >= 0.3 is 0 Å². The molecule has 0 bridgehead atoms. The fourth-order valence-electron chi connectivity index (χ4n) is 2.51. The van der Waals surface area contributed by atoms with Gasteiger partial charge in [-0.1, -0.05) is 25.7 Å². The van der Waals surface area contributed by atoms with Gasteiger partial charge in [-0.15, -0.1) is 10.2 Å². The van der Waals surface area contributed by atoms with E-state index < -0.39 is 0 Å². The Morgan fingerprint density at radius 3 is 2.40 bits per heavy atom. The summed E-state index contributed by atoms with van der Waals surface area (Å²) in [5.41, 5.74) is 0.392. The fraction of sp³-hybridized carbons (Fsp3) is 0.667. The van der Waals surface area contributed by atoms with Gasteiger partial charge in [0.1, 0.15) is 5.82 Å². The average molecular weight is 276 g/mol. The molecule has 20 heavy (non-hydrogen) atoms. The molecule has 0 aromatic carbocycles. The average Bonchev–Trinajstić information content (AvgIpc) is 2.67. The molecular formula is C15H24N4O. The topological polar surface area (TPSA) is 66.9 Å². The number of hydrogen-bond donors (Lipinski definition) is 2. The third-order valence-electron chi connectivity index (χ3n) is 3.52. The molecule has 1 amide bonds. The molecule has 0 unspecified atom stereocenters. The fourth-order valence-corrected chi connectivity index (χ4v) is 2.51. The van der Waals surface area contributed by atoms with Crippen LogP contribution in [0.15, 0.2) is 12.1 Å². The maximum Gasteiger partial charge on any atom is 0.272 e. The summed E-state index contributed by atoms with van der Waals surface area (Å²) in [6.45, 7) is 4.07. The van der Waals surface area contributed by atoms with Gasteiger partial charge in [-0.25, -0.2) is 0 Å². The summed E-state index contributed by atoms with van der Waals surface area (Å²) in [7, 11) is 0. The molecule has 110 valence electrons. The van der Waals surface area contributed by atoms with Crippen LogP contribution < -0.4 is 10.6 Å². The highest BCUT2D eigenvalue weighted by Gasteiger charge is 2.16. The van der Waals surface area contributed by atoms with Gasteiger partial charge in [0.2, 0.25) is 0 Å². The van der Waals surface area contributed by atoms with Crippen molar-refractivity contribution in [2.45, 2.75) is 64.5 Å². The van der Waals surface area contributed by atoms with Crippen LogP contribution in [0.4, 0.5) is 5.82 Å². The number of amides is 1. The van der Waals surface area contributed by atoms with Crippen LogP contribution >= 0.6 is 0 Å². The Hall–Kier alpha value is -1.65. The first-order valence-corrected chi connectivity index (χ1v) is 7.56. The zero-order valence-electron chi connectivity index (χ0n) is 12.4. The monoisotopic (exact) mass is 276 g/mol. The minimum atomic E-state index is -0.111. The molecule has 5 heteroatoms. The van der Waals surface area contributed by atoms with E-state index in [4.69, 9.17) is 0 Å². The summed E-state index contributed by atoms with van der Waals surface area (Å²) in [5.74, 6) is 0.589. The lowest BCUT2D eigenvalue weighted by Crippen LogP contribution is -2.35. The number of rotatable bonds is 4. The highest BCUT2D eigenvalue weighted by Crippen LogP contribution is 2.17. The van der Waals surface area contributed by atoms with Crippen molar-refractivity contribution < 1.29 is 4.79 Å². The van der Waals surface area contributed by atoms with Gasteiger partial charge in [-0.05, 0) is 38.8 Å². The van der Waals surface area contributed by atoms with Gasteiger partial charge in [-0.2, -0.15) is 0 Å². The second-order valence-corrected chi connectivity index (χ2v) is 5.76. The van der Waals surface area contributed by atoms with Gasteiger partial charge < -0.3 is 10.6 Å². The van der Waals surface area contributed by atoms with Gasteiger partial charge in [0.25, 0.3) is 5.91 Å². The standard InChI is InChI=1S/C15H24N4O/c1-11(2)16-14-10-9-13(18-19-14)15(20)17-12-7-5-3-4-6-8-12/h9-12H,3-8H2,1-2H3,(H,16,19)(H,17,20). The molecule has 2 rings (SSSR count). The first-order valence-electron chi connectivity index (χ1n) is 7.56. The van der Waals surface area contributed by atoms with Crippen LogP contribution in [-0.2, 0) is 0 Å². The van der Waals surface area contributed by atoms with Crippen molar-refractivity contribution in [1.82, 2.24) is 15.5 Å². The number of nitrogens with zero attached hydrogens (tertiary/aromatic N) is 2. The molecule has 1 fully saturated rings. The molecular weight excluding hydrogens is 252 g/mol. The Kier molecular flexibility index (Phi) is 5.32. The van der Waals surface area contributed by atoms with E-state index in [0.29, 0.717) is 23.6 Å². The van der Waals surface area contributed by atoms with E-state index >= 15 is 0 Å². The number of nitrogens with one attached hydrogen (secondary N) is 2. The van der Waals surface area contributed by atoms with Crippen LogP contribution in [0.5, 0.6) is 0 Å². The molecule has 0 atom stereocenters. The molecule has 1 aliphatic carbocycles. The number of carbonyl (C=O) groups is 1. The molecule has 1 heterocycles. The maximum atomic E-state index is 12.1. The van der Waals surface area contributed by atoms with E-state index in [1.807, 2.05) is 13.8 Å². The zero-order chi connectivity index (χ0) is 14.4. The molecule has 2 N–H and O–H groups in total. The van der Waals surface area contributed by atoms with Crippen molar-refractivity contribution in [1.29, 1.82) is 0 Å². The van der Waals surface area contributed by atoms with Gasteiger partial charge in [0, 0.05) is 12.1 Å². The molecule has 0 radical (unpaired) electrons. The molecule has 0 aliphatic heterocycles. The van der Waals surface area contributed by atoms with Crippen molar-refractivity contribution in [2.24, 2.45) is 0 Å². The molecule has 1 saturated carbocycles. The lowest BCUT2D eigenvalue weighted by molar-refractivity contribution is 0.0927. The van der Waals surface area contributed by atoms with Crippen molar-refractivity contribution in [2.75, 3.05) is 5.32 Å². The predicted molar refractivity (Wildman–Crippen MR) is 79.7 cm³/mol. The molecule has 5 nitrogen and oxygen atoms in total. The molecule has 1 aromatic rings. The van der Waals surface area contributed by atoms with Crippen LogP contribution in [0.1, 0.15) is 62.9 Å². The quantitative estimate of drug-likeness (QED) is 0.830. The minimum absolute atomic E-state index is 0.111. The van der Waals surface area contributed by atoms with Crippen LogP contribution in [0, 0.1) is 0 Å². The minimum Gasteiger partial charge on any atom is -0.366 e. The third-order valence-corrected chi connectivity index (χ3v) is 3.52. The Balaban J connectivity index is 1.91. The number of aromatic nitrogens is 2. The number of hydrogen-bond acceptors (Lipinski definition) is 4. The molecule has 1 aromatic heterocycles. The first-order chi connectivity index (χ1) is 9.65. The van der Waals surface area contributed by atoms with Gasteiger partial charge in [0.05, 0.1) is 0 Å².